The molecule has 0 aliphatic heterocycles. The molecule has 0 bridgehead atoms. The van der Waals surface area contributed by atoms with Gasteiger partial charge in [0, 0.05) is 30.1 Å². The molecule has 0 fully saturated rings. The van der Waals surface area contributed by atoms with E-state index in [-0.39, 0.29) is 25.5 Å². The molecule has 0 aliphatic carbocycles. The van der Waals surface area contributed by atoms with E-state index in [9.17, 15) is 9.90 Å². The van der Waals surface area contributed by atoms with Gasteiger partial charge in [0.05, 0.1) is 28.4 Å². The van der Waals surface area contributed by atoms with Gasteiger partial charge in [-0.3, -0.25) is 9.78 Å². The quantitative estimate of drug-likeness (QED) is 0.118. The monoisotopic (exact) mass is 590 g/mol. The maximum atomic E-state index is 12.3. The number of nitrogens with zero attached hydrogens (tertiary/aromatic N) is 3. The summed E-state index contributed by atoms with van der Waals surface area (Å²) in [5, 5.41) is 16.6. The third kappa shape index (κ3) is 6.88. The van der Waals surface area contributed by atoms with Gasteiger partial charge in [0.25, 0.3) is 0 Å². The van der Waals surface area contributed by atoms with Crippen LogP contribution in [0.25, 0.3) is 22.2 Å². The van der Waals surface area contributed by atoms with Crippen molar-refractivity contribution in [2.45, 2.75) is 13.0 Å². The smallest absolute Gasteiger partial charge is 0.225 e. The Morgan fingerprint density at radius 1 is 1.05 bits per heavy atom. The van der Waals surface area contributed by atoms with Crippen molar-refractivity contribution in [1.82, 2.24) is 19.9 Å². The zero-order valence-electron chi connectivity index (χ0n) is 21.8. The number of nitrogens with one attached hydrogen (secondary N) is 3. The van der Waals surface area contributed by atoms with Gasteiger partial charge in [-0.2, -0.15) is 12.6 Å². The van der Waals surface area contributed by atoms with Gasteiger partial charge < -0.3 is 30.2 Å². The highest BCUT2D eigenvalue weighted by Gasteiger charge is 2.17. The lowest BCUT2D eigenvalue weighted by Crippen LogP contribution is -2.13. The van der Waals surface area contributed by atoms with E-state index < -0.39 is 0 Å². The molecule has 0 aliphatic rings. The molecule has 0 unspecified atom stereocenters. The minimum atomic E-state index is -0.194. The number of fused-ring (bicyclic) bond motifs is 1. The summed E-state index contributed by atoms with van der Waals surface area (Å²) >= 11 is 10.7. The Kier molecular flexibility index (Phi) is 9.19. The highest BCUT2D eigenvalue weighted by Crippen LogP contribution is 2.38. The van der Waals surface area contributed by atoms with Crippen LogP contribution in [0.5, 0.6) is 11.5 Å². The van der Waals surface area contributed by atoms with Crippen LogP contribution in [0.4, 0.5) is 17.2 Å². The Balaban J connectivity index is 1.42. The molecule has 5 aromatic rings. The lowest BCUT2D eigenvalue weighted by atomic mass is 10.0. The molecule has 3 aromatic heterocycles. The van der Waals surface area contributed by atoms with Crippen molar-refractivity contribution in [2.75, 3.05) is 29.6 Å². The number of carbonyl (C=O) groups excluding carboxylic acids is 1. The number of benzene rings is 2. The number of hydrogen-bond donors (Lipinski definition) is 5. The van der Waals surface area contributed by atoms with Gasteiger partial charge in [-0.15, -0.1) is 0 Å². The predicted molar refractivity (Wildman–Crippen MR) is 162 cm³/mol. The Labute approximate surface area is 246 Å². The van der Waals surface area contributed by atoms with E-state index >= 15 is 0 Å². The van der Waals surface area contributed by atoms with E-state index in [4.69, 9.17) is 21.1 Å². The summed E-state index contributed by atoms with van der Waals surface area (Å²) in [6.45, 7) is 0.245. The first-order valence-corrected chi connectivity index (χ1v) is 13.8. The molecule has 5 rings (SSSR count). The molecule has 0 saturated heterocycles. The number of anilines is 3. The number of amides is 1. The molecule has 0 spiro atoms. The first-order chi connectivity index (χ1) is 20.1. The second-order valence-electron chi connectivity index (χ2n) is 8.83. The summed E-state index contributed by atoms with van der Waals surface area (Å²) < 4.78 is 11.5. The van der Waals surface area contributed by atoms with Crippen LogP contribution in [0.3, 0.4) is 0 Å². The van der Waals surface area contributed by atoms with Crippen LogP contribution in [-0.4, -0.2) is 49.9 Å². The van der Waals surface area contributed by atoms with Crippen LogP contribution < -0.4 is 20.1 Å². The number of aliphatic hydroxyl groups excluding tert-OH is 1. The van der Waals surface area contributed by atoms with E-state index in [1.165, 1.54) is 6.33 Å². The maximum Gasteiger partial charge on any atom is 0.225 e. The topological polar surface area (TPSA) is 134 Å². The van der Waals surface area contributed by atoms with E-state index in [0.29, 0.717) is 51.7 Å². The lowest BCUT2D eigenvalue weighted by Gasteiger charge is -2.14. The summed E-state index contributed by atoms with van der Waals surface area (Å²) in [6.07, 6.45) is 5.25. The van der Waals surface area contributed by atoms with Crippen LogP contribution in [-0.2, 0) is 11.4 Å². The molecular weight excluding hydrogens is 564 g/mol. The number of hydrogen-bond acceptors (Lipinski definition) is 9. The van der Waals surface area contributed by atoms with Crippen LogP contribution >= 0.6 is 24.2 Å². The van der Waals surface area contributed by atoms with Crippen molar-refractivity contribution in [3.8, 4) is 22.6 Å². The normalized spacial score (nSPS) is 10.9. The SMILES string of the molecule is O=C(CCS)Nc1cc(-c2c[nH]c3ncnc(Nc4ccc(OCc5ccccn5)c(Cl)c4)c23)ccc1OCCO. The standard InChI is InChI=1S/C29H27ClN6O4S/c30-22-14-19(5-7-24(22)40-16-20-3-1-2-9-31-20)35-29-27-21(15-32-28(27)33-17-34-29)18-4-6-25(39-11-10-37)23(13-18)36-26(38)8-12-41/h1-7,9,13-15,17,37,41H,8,10-12,16H2,(H,36,38)(H2,32,33,34,35). The van der Waals surface area contributed by atoms with Crippen LogP contribution in [0, 0.1) is 0 Å². The molecule has 210 valence electrons. The molecule has 0 radical (unpaired) electrons. The molecule has 1 amide bonds. The van der Waals surface area contributed by atoms with Crippen molar-refractivity contribution in [3.05, 3.63) is 84.0 Å². The number of aliphatic hydroxyl groups is 1. The Hall–Kier alpha value is -4.32. The lowest BCUT2D eigenvalue weighted by molar-refractivity contribution is -0.115. The van der Waals surface area contributed by atoms with Gasteiger partial charge in [0.2, 0.25) is 5.91 Å². The number of aromatic nitrogens is 4. The van der Waals surface area contributed by atoms with E-state index in [2.05, 4.69) is 43.2 Å². The van der Waals surface area contributed by atoms with E-state index in [0.717, 1.165) is 22.2 Å². The summed E-state index contributed by atoms with van der Waals surface area (Å²) in [4.78, 5) is 28.7. The van der Waals surface area contributed by atoms with E-state index in [1.807, 2.05) is 42.6 Å². The predicted octanol–water partition coefficient (Wildman–Crippen LogP) is 5.63. The van der Waals surface area contributed by atoms with Gasteiger partial charge in [0.1, 0.15) is 42.5 Å². The molecule has 12 heteroatoms. The molecule has 10 nitrogen and oxygen atoms in total. The average molecular weight is 591 g/mol. The third-order valence-corrected chi connectivity index (χ3v) is 6.54. The van der Waals surface area contributed by atoms with E-state index in [1.54, 1.807) is 24.4 Å². The number of H-pyrrole nitrogens is 1. The summed E-state index contributed by atoms with van der Waals surface area (Å²) in [5.41, 5.74) is 4.22. The van der Waals surface area contributed by atoms with Crippen LogP contribution in [0.15, 0.2) is 73.3 Å². The largest absolute Gasteiger partial charge is 0.489 e. The average Bonchev–Trinajstić information content (AvgIpc) is 3.42. The number of ether oxygens (including phenoxy) is 2. The van der Waals surface area contributed by atoms with Gasteiger partial charge in [-0.25, -0.2) is 9.97 Å². The molecular formula is C29H27ClN6O4S. The fourth-order valence-corrected chi connectivity index (χ4v) is 4.58. The fraction of sp³-hybridized carbons (Fsp3) is 0.172. The Bertz CT molecular complexity index is 1650. The van der Waals surface area contributed by atoms with Crippen molar-refractivity contribution in [1.29, 1.82) is 0 Å². The minimum absolute atomic E-state index is 0.0965. The second kappa shape index (κ2) is 13.4. The van der Waals surface area contributed by atoms with Crippen LogP contribution in [0.1, 0.15) is 12.1 Å². The van der Waals surface area contributed by atoms with Crippen molar-refractivity contribution in [2.24, 2.45) is 0 Å². The number of carbonyl (C=O) groups is 1. The summed E-state index contributed by atoms with van der Waals surface area (Å²) in [7, 11) is 0. The molecule has 3 heterocycles. The van der Waals surface area contributed by atoms with Crippen molar-refractivity contribution in [3.63, 3.8) is 0 Å². The molecule has 0 saturated carbocycles. The Morgan fingerprint density at radius 3 is 2.71 bits per heavy atom. The molecule has 2 aromatic carbocycles. The number of aromatic amines is 1. The maximum absolute atomic E-state index is 12.3. The summed E-state index contributed by atoms with van der Waals surface area (Å²) in [6, 6.07) is 16.5. The highest BCUT2D eigenvalue weighted by molar-refractivity contribution is 7.80. The minimum Gasteiger partial charge on any atom is -0.489 e. The zero-order valence-corrected chi connectivity index (χ0v) is 23.5. The van der Waals surface area contributed by atoms with Gasteiger partial charge >= 0.3 is 0 Å². The Morgan fingerprint density at radius 2 is 1.93 bits per heavy atom. The van der Waals surface area contributed by atoms with Crippen molar-refractivity contribution < 1.29 is 19.4 Å². The van der Waals surface area contributed by atoms with Crippen LogP contribution in [0.2, 0.25) is 5.02 Å². The zero-order chi connectivity index (χ0) is 28.6. The van der Waals surface area contributed by atoms with Gasteiger partial charge in [-0.1, -0.05) is 23.7 Å². The van der Waals surface area contributed by atoms with Gasteiger partial charge in [-0.05, 0) is 53.8 Å². The number of halogens is 1. The van der Waals surface area contributed by atoms with Gasteiger partial charge in [0.15, 0.2) is 0 Å². The second-order valence-corrected chi connectivity index (χ2v) is 9.69. The summed E-state index contributed by atoms with van der Waals surface area (Å²) in [5.74, 6) is 1.76. The molecule has 4 N–H and O–H groups in total. The molecule has 0 atom stereocenters. The molecule has 41 heavy (non-hydrogen) atoms. The number of thiol groups is 1. The fourth-order valence-electron chi connectivity index (χ4n) is 4.14. The number of pyridine rings is 1. The number of rotatable bonds is 12. The first-order valence-electron chi connectivity index (χ1n) is 12.8. The van der Waals surface area contributed by atoms with Crippen molar-refractivity contribution >= 4 is 58.4 Å². The highest BCUT2D eigenvalue weighted by atomic mass is 35.5. The third-order valence-electron chi connectivity index (χ3n) is 6.02. The first kappa shape index (κ1) is 28.2.